The van der Waals surface area contributed by atoms with Gasteiger partial charge in [0.25, 0.3) is 5.91 Å². The first kappa shape index (κ1) is 32.5. The normalized spacial score (nSPS) is 16.9. The van der Waals surface area contributed by atoms with Crippen molar-refractivity contribution in [1.82, 2.24) is 15.5 Å². The zero-order chi connectivity index (χ0) is 31.7. The topological polar surface area (TPSA) is 105 Å². The third-order valence-corrected chi connectivity index (χ3v) is 8.20. The molecule has 232 valence electrons. The van der Waals surface area contributed by atoms with Crippen LogP contribution in [0.25, 0.3) is 11.1 Å². The second-order valence-electron chi connectivity index (χ2n) is 12.2. The van der Waals surface area contributed by atoms with E-state index in [0.717, 1.165) is 28.7 Å². The largest absolute Gasteiger partial charge is 0.444 e. The van der Waals surface area contributed by atoms with Crippen LogP contribution in [0.4, 0.5) is 4.79 Å². The van der Waals surface area contributed by atoms with E-state index in [1.54, 1.807) is 11.8 Å². The molecular weight excluding hydrogens is 554 g/mol. The van der Waals surface area contributed by atoms with Crippen LogP contribution in [-0.4, -0.2) is 53.8 Å². The number of hydrogen-bond acceptors (Lipinski definition) is 5. The van der Waals surface area contributed by atoms with Gasteiger partial charge in [-0.05, 0) is 35.6 Å². The summed E-state index contributed by atoms with van der Waals surface area (Å²) in [4.78, 5) is 53.9. The maximum absolute atomic E-state index is 13.2. The molecule has 0 unspecified atom stereocenters. The average Bonchev–Trinajstić information content (AvgIpc) is 3.33. The summed E-state index contributed by atoms with van der Waals surface area (Å²) in [5.74, 6) is -1.51. The minimum absolute atomic E-state index is 0.0442. The summed E-state index contributed by atoms with van der Waals surface area (Å²) in [6.45, 7) is 8.36. The van der Waals surface area contributed by atoms with Gasteiger partial charge in [0.05, 0.1) is 19.0 Å². The molecule has 3 aromatic rings. The third kappa shape index (κ3) is 8.56. The molecule has 0 aromatic heterocycles. The van der Waals surface area contributed by atoms with E-state index in [2.05, 4.69) is 10.6 Å². The standard InChI is InChI=1S/C36H43N3O5/c1-5-6-17-30(33(41)34(42)37-25(2)27-13-9-7-10-14-27)38-35(43)44-31-23-39(24-36(31,3)4)32(40)22-26-18-20-29(21-19-26)28-15-11-8-12-16-28/h7-16,18-21,25,30-31H,5-6,17,22-24H2,1-4H3,(H,37,42)(H,38,43)/t25-,30+,31+/m1/s1. The van der Waals surface area contributed by atoms with Crippen molar-refractivity contribution in [3.63, 3.8) is 0 Å². The Hall–Kier alpha value is -4.46. The van der Waals surface area contributed by atoms with Gasteiger partial charge in [0.15, 0.2) is 0 Å². The van der Waals surface area contributed by atoms with Crippen LogP contribution >= 0.6 is 0 Å². The van der Waals surface area contributed by atoms with E-state index < -0.39 is 35.3 Å². The Morgan fingerprint density at radius 1 is 0.886 bits per heavy atom. The lowest BCUT2D eigenvalue weighted by atomic mass is 9.90. The first-order chi connectivity index (χ1) is 21.1. The van der Waals surface area contributed by atoms with Crippen molar-refractivity contribution >= 4 is 23.7 Å². The van der Waals surface area contributed by atoms with Gasteiger partial charge in [-0.25, -0.2) is 4.79 Å². The van der Waals surface area contributed by atoms with Crippen LogP contribution in [0.15, 0.2) is 84.9 Å². The quantitative estimate of drug-likeness (QED) is 0.254. The number of alkyl carbamates (subject to hydrolysis) is 1. The van der Waals surface area contributed by atoms with Crippen molar-refractivity contribution in [2.45, 2.75) is 71.6 Å². The second kappa shape index (κ2) is 14.8. The summed E-state index contributed by atoms with van der Waals surface area (Å²) in [6, 6.07) is 26.0. The van der Waals surface area contributed by atoms with Crippen LogP contribution in [0.5, 0.6) is 0 Å². The van der Waals surface area contributed by atoms with Crippen LogP contribution in [0.1, 0.15) is 64.1 Å². The van der Waals surface area contributed by atoms with Gasteiger partial charge in [-0.3, -0.25) is 14.4 Å². The number of likely N-dealkylation sites (tertiary alicyclic amines) is 1. The Balaban J connectivity index is 1.33. The Labute approximate surface area is 260 Å². The van der Waals surface area contributed by atoms with E-state index in [1.165, 1.54) is 0 Å². The molecule has 1 aliphatic rings. The molecule has 0 bridgehead atoms. The minimum atomic E-state index is -1.01. The van der Waals surface area contributed by atoms with Crippen molar-refractivity contribution in [2.75, 3.05) is 13.1 Å². The number of Topliss-reactive ketones (excluding diaryl/α,β-unsaturated/α-hetero) is 1. The molecule has 8 heteroatoms. The molecule has 4 rings (SSSR count). The fourth-order valence-corrected chi connectivity index (χ4v) is 5.46. The Morgan fingerprint density at radius 3 is 2.14 bits per heavy atom. The molecule has 3 atom stereocenters. The Morgan fingerprint density at radius 2 is 1.50 bits per heavy atom. The van der Waals surface area contributed by atoms with Gasteiger partial charge in [0.1, 0.15) is 12.1 Å². The first-order valence-corrected chi connectivity index (χ1v) is 15.4. The Bertz CT molecular complexity index is 1420. The van der Waals surface area contributed by atoms with E-state index in [1.807, 2.05) is 106 Å². The predicted octanol–water partition coefficient (Wildman–Crippen LogP) is 5.86. The number of carbonyl (C=O) groups excluding carboxylic acids is 4. The highest BCUT2D eigenvalue weighted by Gasteiger charge is 2.44. The van der Waals surface area contributed by atoms with Gasteiger partial charge in [-0.15, -0.1) is 0 Å². The average molecular weight is 598 g/mol. The number of nitrogens with one attached hydrogen (secondary N) is 2. The van der Waals surface area contributed by atoms with Gasteiger partial charge in [0, 0.05) is 12.0 Å². The summed E-state index contributed by atoms with van der Waals surface area (Å²) in [5.41, 5.74) is 3.49. The molecule has 44 heavy (non-hydrogen) atoms. The molecule has 0 aliphatic carbocycles. The molecule has 0 saturated carbocycles. The van der Waals surface area contributed by atoms with Crippen molar-refractivity contribution in [1.29, 1.82) is 0 Å². The molecule has 0 spiro atoms. The highest BCUT2D eigenvalue weighted by atomic mass is 16.6. The zero-order valence-electron chi connectivity index (χ0n) is 26.0. The summed E-state index contributed by atoms with van der Waals surface area (Å²) < 4.78 is 5.78. The van der Waals surface area contributed by atoms with E-state index >= 15 is 0 Å². The van der Waals surface area contributed by atoms with Gasteiger partial charge >= 0.3 is 6.09 Å². The summed E-state index contributed by atoms with van der Waals surface area (Å²) in [6.07, 6.45) is 0.674. The van der Waals surface area contributed by atoms with E-state index in [-0.39, 0.29) is 24.9 Å². The summed E-state index contributed by atoms with van der Waals surface area (Å²) in [7, 11) is 0. The van der Waals surface area contributed by atoms with Crippen LogP contribution in [-0.2, 0) is 25.5 Å². The fourth-order valence-electron chi connectivity index (χ4n) is 5.46. The number of nitrogens with zero attached hydrogens (tertiary/aromatic N) is 1. The maximum Gasteiger partial charge on any atom is 0.408 e. The van der Waals surface area contributed by atoms with E-state index in [4.69, 9.17) is 4.74 Å². The van der Waals surface area contributed by atoms with Crippen LogP contribution < -0.4 is 10.6 Å². The summed E-state index contributed by atoms with van der Waals surface area (Å²) >= 11 is 0. The van der Waals surface area contributed by atoms with Crippen molar-refractivity contribution in [3.05, 3.63) is 96.1 Å². The van der Waals surface area contributed by atoms with E-state index in [0.29, 0.717) is 19.4 Å². The molecule has 1 fully saturated rings. The number of hydrogen-bond donors (Lipinski definition) is 2. The van der Waals surface area contributed by atoms with E-state index in [9.17, 15) is 19.2 Å². The molecule has 8 nitrogen and oxygen atoms in total. The number of unbranched alkanes of at least 4 members (excludes halogenated alkanes) is 1. The molecule has 0 radical (unpaired) electrons. The SMILES string of the molecule is CCCC[C@H](NC(=O)O[C@H]1CN(C(=O)Cc2ccc(-c3ccccc3)cc2)CC1(C)C)C(=O)C(=O)N[C@H](C)c1ccccc1. The molecule has 3 amide bonds. The van der Waals surface area contributed by atoms with Crippen molar-refractivity contribution in [3.8, 4) is 11.1 Å². The van der Waals surface area contributed by atoms with Crippen molar-refractivity contribution < 1.29 is 23.9 Å². The lowest BCUT2D eigenvalue weighted by Gasteiger charge is -2.26. The number of carbonyl (C=O) groups is 4. The molecule has 1 aliphatic heterocycles. The fraction of sp³-hybridized carbons (Fsp3) is 0.389. The van der Waals surface area contributed by atoms with Crippen LogP contribution in [0.2, 0.25) is 0 Å². The van der Waals surface area contributed by atoms with Gasteiger partial charge < -0.3 is 20.3 Å². The van der Waals surface area contributed by atoms with Crippen LogP contribution in [0, 0.1) is 5.41 Å². The lowest BCUT2D eigenvalue weighted by molar-refractivity contribution is -0.139. The molecule has 1 heterocycles. The smallest absolute Gasteiger partial charge is 0.408 e. The van der Waals surface area contributed by atoms with Gasteiger partial charge in [-0.2, -0.15) is 0 Å². The highest BCUT2D eigenvalue weighted by Crippen LogP contribution is 2.32. The number of amides is 3. The zero-order valence-corrected chi connectivity index (χ0v) is 26.0. The maximum atomic E-state index is 13.2. The molecule has 3 aromatic carbocycles. The van der Waals surface area contributed by atoms with Crippen molar-refractivity contribution in [2.24, 2.45) is 5.41 Å². The lowest BCUT2D eigenvalue weighted by Crippen LogP contribution is -2.49. The molecule has 2 N–H and O–H groups in total. The number of ether oxygens (including phenoxy) is 1. The number of ketones is 1. The second-order valence-corrected chi connectivity index (χ2v) is 12.2. The first-order valence-electron chi connectivity index (χ1n) is 15.4. The highest BCUT2D eigenvalue weighted by molar-refractivity contribution is 6.38. The predicted molar refractivity (Wildman–Crippen MR) is 171 cm³/mol. The van der Waals surface area contributed by atoms with Crippen LogP contribution in [0.3, 0.4) is 0 Å². The van der Waals surface area contributed by atoms with Gasteiger partial charge in [0.2, 0.25) is 11.7 Å². The Kier molecular flexibility index (Phi) is 10.9. The number of rotatable bonds is 12. The molecule has 1 saturated heterocycles. The summed E-state index contributed by atoms with van der Waals surface area (Å²) in [5, 5.41) is 5.37. The minimum Gasteiger partial charge on any atom is -0.444 e. The molecular formula is C36H43N3O5. The van der Waals surface area contributed by atoms with Gasteiger partial charge in [-0.1, -0.05) is 119 Å². The number of benzene rings is 3. The monoisotopic (exact) mass is 597 g/mol. The third-order valence-electron chi connectivity index (χ3n) is 8.20.